The molecule has 96 valence electrons. The Kier molecular flexibility index (Phi) is 3.43. The fraction of sp³-hybridized carbons (Fsp3) is 0.769. The summed E-state index contributed by atoms with van der Waals surface area (Å²) in [6, 6.07) is 0.639. The van der Waals surface area contributed by atoms with Crippen LogP contribution in [-0.2, 0) is 0 Å². The van der Waals surface area contributed by atoms with Gasteiger partial charge < -0.3 is 15.5 Å². The summed E-state index contributed by atoms with van der Waals surface area (Å²) in [6.45, 7) is 12.3. The molecule has 2 rings (SSSR count). The maximum atomic E-state index is 5.98. The van der Waals surface area contributed by atoms with E-state index in [1.165, 1.54) is 0 Å². The molecule has 0 amide bonds. The Balaban J connectivity index is 2.04. The standard InChI is InChI=1S/C13H24N4/c1-4-7-17-12(14)15-10-13(17)5-8-16(9-6-13)11(2)3/h4,11H,1,5-10H2,2-3H3,(H2,14,15). The van der Waals surface area contributed by atoms with Crippen molar-refractivity contribution in [2.24, 2.45) is 10.7 Å². The molecule has 0 bridgehead atoms. The molecule has 17 heavy (non-hydrogen) atoms. The Morgan fingerprint density at radius 2 is 2.12 bits per heavy atom. The van der Waals surface area contributed by atoms with Crippen molar-refractivity contribution in [3.63, 3.8) is 0 Å². The van der Waals surface area contributed by atoms with Crippen molar-refractivity contribution in [1.82, 2.24) is 9.80 Å². The molecule has 0 saturated carbocycles. The zero-order chi connectivity index (χ0) is 12.5. The number of hydrogen-bond acceptors (Lipinski definition) is 4. The van der Waals surface area contributed by atoms with Gasteiger partial charge in [-0.05, 0) is 26.7 Å². The van der Waals surface area contributed by atoms with E-state index in [0.717, 1.165) is 39.0 Å². The molecule has 1 saturated heterocycles. The minimum absolute atomic E-state index is 0.170. The van der Waals surface area contributed by atoms with Crippen molar-refractivity contribution in [1.29, 1.82) is 0 Å². The highest BCUT2D eigenvalue weighted by Gasteiger charge is 2.43. The Morgan fingerprint density at radius 1 is 1.47 bits per heavy atom. The molecule has 4 nitrogen and oxygen atoms in total. The van der Waals surface area contributed by atoms with Crippen LogP contribution in [0.2, 0.25) is 0 Å². The van der Waals surface area contributed by atoms with E-state index in [1.54, 1.807) is 0 Å². The molecular weight excluding hydrogens is 212 g/mol. The number of hydrogen-bond donors (Lipinski definition) is 1. The van der Waals surface area contributed by atoms with Crippen LogP contribution in [0.3, 0.4) is 0 Å². The first-order chi connectivity index (χ1) is 8.09. The second-order valence-corrected chi connectivity index (χ2v) is 5.43. The average molecular weight is 236 g/mol. The highest BCUT2D eigenvalue weighted by Crippen LogP contribution is 2.33. The quantitative estimate of drug-likeness (QED) is 0.745. The second-order valence-electron chi connectivity index (χ2n) is 5.43. The summed E-state index contributed by atoms with van der Waals surface area (Å²) in [5.41, 5.74) is 6.15. The van der Waals surface area contributed by atoms with Gasteiger partial charge in [0.05, 0.1) is 12.1 Å². The van der Waals surface area contributed by atoms with Crippen molar-refractivity contribution in [3.8, 4) is 0 Å². The highest BCUT2D eigenvalue weighted by molar-refractivity contribution is 5.81. The number of piperidine rings is 1. The molecule has 4 heteroatoms. The van der Waals surface area contributed by atoms with Gasteiger partial charge in [-0.3, -0.25) is 4.99 Å². The minimum atomic E-state index is 0.170. The number of nitrogens with zero attached hydrogens (tertiary/aromatic N) is 3. The van der Waals surface area contributed by atoms with E-state index in [9.17, 15) is 0 Å². The lowest BCUT2D eigenvalue weighted by molar-refractivity contribution is 0.0752. The molecule has 0 aromatic heterocycles. The van der Waals surface area contributed by atoms with Gasteiger partial charge in [-0.1, -0.05) is 6.08 Å². The van der Waals surface area contributed by atoms with Crippen LogP contribution in [0.25, 0.3) is 0 Å². The van der Waals surface area contributed by atoms with Gasteiger partial charge in [0.1, 0.15) is 0 Å². The number of likely N-dealkylation sites (tertiary alicyclic amines) is 1. The first kappa shape index (κ1) is 12.4. The SMILES string of the molecule is C=CCN1C(N)=NCC12CCN(C(C)C)CC2. The topological polar surface area (TPSA) is 44.9 Å². The normalized spacial score (nSPS) is 24.4. The summed E-state index contributed by atoms with van der Waals surface area (Å²) >= 11 is 0. The van der Waals surface area contributed by atoms with Crippen LogP contribution in [0.4, 0.5) is 0 Å². The predicted molar refractivity (Wildman–Crippen MR) is 72.1 cm³/mol. The number of aliphatic imine (C=N–C) groups is 1. The molecular formula is C13H24N4. The fourth-order valence-electron chi connectivity index (χ4n) is 2.94. The maximum absolute atomic E-state index is 5.98. The summed E-state index contributed by atoms with van der Waals surface area (Å²) in [4.78, 5) is 9.22. The van der Waals surface area contributed by atoms with Crippen molar-refractivity contribution in [2.45, 2.75) is 38.3 Å². The van der Waals surface area contributed by atoms with Crippen LogP contribution in [0, 0.1) is 0 Å². The summed E-state index contributed by atoms with van der Waals surface area (Å²) in [5.74, 6) is 0.697. The van der Waals surface area contributed by atoms with E-state index in [4.69, 9.17) is 5.73 Å². The Labute approximate surface area is 104 Å². The molecule has 0 aromatic rings. The molecule has 2 aliphatic heterocycles. The van der Waals surface area contributed by atoms with Gasteiger partial charge in [0.25, 0.3) is 0 Å². The van der Waals surface area contributed by atoms with Gasteiger partial charge in [0.2, 0.25) is 0 Å². The molecule has 2 aliphatic rings. The Bertz CT molecular complexity index is 313. The van der Waals surface area contributed by atoms with E-state index in [1.807, 2.05) is 6.08 Å². The van der Waals surface area contributed by atoms with Crippen molar-refractivity contribution in [3.05, 3.63) is 12.7 Å². The van der Waals surface area contributed by atoms with Gasteiger partial charge in [0, 0.05) is 25.7 Å². The van der Waals surface area contributed by atoms with Gasteiger partial charge in [-0.25, -0.2) is 0 Å². The van der Waals surface area contributed by atoms with Crippen LogP contribution in [-0.4, -0.2) is 53.5 Å². The van der Waals surface area contributed by atoms with Crippen molar-refractivity contribution < 1.29 is 0 Å². The second kappa shape index (κ2) is 4.69. The molecule has 0 unspecified atom stereocenters. The third kappa shape index (κ3) is 2.18. The van der Waals surface area contributed by atoms with Crippen LogP contribution < -0.4 is 5.73 Å². The smallest absolute Gasteiger partial charge is 0.192 e. The number of nitrogens with two attached hydrogens (primary N) is 1. The lowest BCUT2D eigenvalue weighted by Gasteiger charge is -2.46. The molecule has 0 atom stereocenters. The molecule has 2 N–H and O–H groups in total. The lowest BCUT2D eigenvalue weighted by atomic mass is 9.86. The van der Waals surface area contributed by atoms with E-state index in [0.29, 0.717) is 12.0 Å². The molecule has 2 heterocycles. The molecule has 0 aromatic carbocycles. The van der Waals surface area contributed by atoms with Crippen LogP contribution in [0.5, 0.6) is 0 Å². The van der Waals surface area contributed by atoms with E-state index in [2.05, 4.69) is 35.2 Å². The zero-order valence-electron chi connectivity index (χ0n) is 11.0. The monoisotopic (exact) mass is 236 g/mol. The average Bonchev–Trinajstić information content (AvgIpc) is 2.60. The first-order valence-electron chi connectivity index (χ1n) is 6.51. The van der Waals surface area contributed by atoms with Gasteiger partial charge in [-0.15, -0.1) is 6.58 Å². The summed E-state index contributed by atoms with van der Waals surface area (Å²) in [7, 11) is 0. The van der Waals surface area contributed by atoms with Crippen molar-refractivity contribution >= 4 is 5.96 Å². The summed E-state index contributed by atoms with van der Waals surface area (Å²) < 4.78 is 0. The minimum Gasteiger partial charge on any atom is -0.370 e. The van der Waals surface area contributed by atoms with Crippen LogP contribution in [0.15, 0.2) is 17.6 Å². The molecule has 1 spiro atoms. The number of guanidine groups is 1. The highest BCUT2D eigenvalue weighted by atomic mass is 15.4. The van der Waals surface area contributed by atoms with Gasteiger partial charge >= 0.3 is 0 Å². The molecule has 0 radical (unpaired) electrons. The fourth-order valence-corrected chi connectivity index (χ4v) is 2.94. The van der Waals surface area contributed by atoms with E-state index < -0.39 is 0 Å². The van der Waals surface area contributed by atoms with Gasteiger partial charge in [-0.2, -0.15) is 0 Å². The van der Waals surface area contributed by atoms with Crippen LogP contribution in [0.1, 0.15) is 26.7 Å². The Morgan fingerprint density at radius 3 is 2.65 bits per heavy atom. The third-order valence-electron chi connectivity index (χ3n) is 4.16. The zero-order valence-corrected chi connectivity index (χ0v) is 11.0. The van der Waals surface area contributed by atoms with Gasteiger partial charge in [0.15, 0.2) is 5.96 Å². The molecule has 0 aliphatic carbocycles. The van der Waals surface area contributed by atoms with E-state index in [-0.39, 0.29) is 5.54 Å². The number of rotatable bonds is 3. The summed E-state index contributed by atoms with van der Waals surface area (Å²) in [6.07, 6.45) is 4.23. The first-order valence-corrected chi connectivity index (χ1v) is 6.51. The summed E-state index contributed by atoms with van der Waals surface area (Å²) in [5, 5.41) is 0. The largest absolute Gasteiger partial charge is 0.370 e. The third-order valence-corrected chi connectivity index (χ3v) is 4.16. The predicted octanol–water partition coefficient (Wildman–Crippen LogP) is 1.05. The Hall–Kier alpha value is -1.03. The van der Waals surface area contributed by atoms with Crippen molar-refractivity contribution in [2.75, 3.05) is 26.2 Å². The van der Waals surface area contributed by atoms with Crippen LogP contribution >= 0.6 is 0 Å². The molecule has 1 fully saturated rings. The van der Waals surface area contributed by atoms with E-state index >= 15 is 0 Å². The lowest BCUT2D eigenvalue weighted by Crippen LogP contribution is -2.57. The maximum Gasteiger partial charge on any atom is 0.192 e.